The van der Waals surface area contributed by atoms with Gasteiger partial charge in [0.05, 0.1) is 22.6 Å². The molecule has 1 amide bonds. The molecule has 0 aliphatic rings. The first-order valence-electron chi connectivity index (χ1n) is 9.52. The van der Waals surface area contributed by atoms with Crippen molar-refractivity contribution >= 4 is 60.6 Å². The molecule has 3 aromatic carbocycles. The predicted octanol–water partition coefficient (Wildman–Crippen LogP) is 6.72. The van der Waals surface area contributed by atoms with Gasteiger partial charge in [-0.25, -0.2) is 4.98 Å². The molecule has 0 bridgehead atoms. The second-order valence-electron chi connectivity index (χ2n) is 6.96. The van der Waals surface area contributed by atoms with Gasteiger partial charge in [0, 0.05) is 27.4 Å². The van der Waals surface area contributed by atoms with Crippen LogP contribution in [0.4, 0.5) is 5.69 Å². The Balaban J connectivity index is 1.57. The zero-order valence-corrected chi connectivity index (χ0v) is 20.0. The summed E-state index contributed by atoms with van der Waals surface area (Å²) >= 11 is 6.93. The average molecular weight is 541 g/mol. The van der Waals surface area contributed by atoms with Crippen LogP contribution >= 0.6 is 31.9 Å². The molecule has 0 aliphatic carbocycles. The molecule has 31 heavy (non-hydrogen) atoms. The number of amides is 1. The number of aryl methyl sites for hydroxylation is 1. The first-order chi connectivity index (χ1) is 14.9. The van der Waals surface area contributed by atoms with E-state index in [4.69, 9.17) is 4.74 Å². The number of carbonyl (C=O) groups excluding carboxylic acids is 1. The van der Waals surface area contributed by atoms with Crippen LogP contribution in [-0.4, -0.2) is 23.0 Å². The number of H-pyrrole nitrogens is 1. The Hall–Kier alpha value is -2.90. The van der Waals surface area contributed by atoms with Crippen molar-refractivity contribution < 1.29 is 9.53 Å². The van der Waals surface area contributed by atoms with Crippen molar-refractivity contribution in [2.75, 3.05) is 12.4 Å². The minimum atomic E-state index is -0.233. The zero-order chi connectivity index (χ0) is 22.0. The van der Waals surface area contributed by atoms with Crippen molar-refractivity contribution in [2.45, 2.75) is 6.92 Å². The lowest BCUT2D eigenvalue weighted by atomic mass is 10.1. The Kier molecular flexibility index (Phi) is 6.25. The fourth-order valence-corrected chi connectivity index (χ4v) is 4.67. The van der Waals surface area contributed by atoms with Crippen molar-refractivity contribution in [1.29, 1.82) is 0 Å². The maximum atomic E-state index is 12.6. The summed E-state index contributed by atoms with van der Waals surface area (Å²) in [7, 11) is 1.60. The number of nitrogens with zero attached hydrogens (tertiary/aromatic N) is 1. The van der Waals surface area contributed by atoms with Gasteiger partial charge in [-0.1, -0.05) is 40.2 Å². The molecule has 1 heterocycles. The number of hydrogen-bond donors (Lipinski definition) is 2. The number of rotatable bonds is 5. The van der Waals surface area contributed by atoms with E-state index >= 15 is 0 Å². The number of nitrogens with one attached hydrogen (secondary N) is 2. The lowest BCUT2D eigenvalue weighted by molar-refractivity contribution is -0.111. The molecule has 4 aromatic rings. The Morgan fingerprint density at radius 1 is 1.13 bits per heavy atom. The molecule has 0 saturated carbocycles. The average Bonchev–Trinajstić information content (AvgIpc) is 3.18. The summed E-state index contributed by atoms with van der Waals surface area (Å²) in [4.78, 5) is 20.6. The number of ether oxygens (including phenoxy) is 1. The number of para-hydroxylation sites is 2. The van der Waals surface area contributed by atoms with Crippen LogP contribution in [-0.2, 0) is 4.79 Å². The SMILES string of the molecule is COc1c(Br)cc(Br)cc1/C=C/C(=O)Nc1cc(-c2nc3ccccc3[nH]2)ccc1C. The zero-order valence-electron chi connectivity index (χ0n) is 16.9. The van der Waals surface area contributed by atoms with E-state index in [0.717, 1.165) is 48.2 Å². The summed E-state index contributed by atoms with van der Waals surface area (Å²) in [6, 6.07) is 17.5. The second kappa shape index (κ2) is 9.08. The standard InChI is InChI=1S/C24H19Br2N3O2/c1-14-7-8-16(24-28-19-5-3-4-6-20(19)29-24)12-21(14)27-22(30)10-9-15-11-17(25)13-18(26)23(15)31-2/h3-13H,1-2H3,(H,27,30)(H,28,29)/b10-9+. The highest BCUT2D eigenvalue weighted by atomic mass is 79.9. The van der Waals surface area contributed by atoms with Crippen LogP contribution < -0.4 is 10.1 Å². The number of fused-ring (bicyclic) bond motifs is 1. The van der Waals surface area contributed by atoms with Crippen molar-refractivity contribution in [2.24, 2.45) is 0 Å². The van der Waals surface area contributed by atoms with Gasteiger partial charge in [-0.2, -0.15) is 0 Å². The largest absolute Gasteiger partial charge is 0.495 e. The van der Waals surface area contributed by atoms with E-state index in [1.54, 1.807) is 13.2 Å². The van der Waals surface area contributed by atoms with E-state index in [0.29, 0.717) is 5.75 Å². The highest BCUT2D eigenvalue weighted by Gasteiger charge is 2.10. The summed E-state index contributed by atoms with van der Waals surface area (Å²) < 4.78 is 7.12. The molecule has 0 fully saturated rings. The second-order valence-corrected chi connectivity index (χ2v) is 8.73. The lowest BCUT2D eigenvalue weighted by Crippen LogP contribution is -2.09. The topological polar surface area (TPSA) is 67.0 Å². The maximum absolute atomic E-state index is 12.6. The number of halogens is 2. The van der Waals surface area contributed by atoms with Crippen LogP contribution in [0.25, 0.3) is 28.5 Å². The van der Waals surface area contributed by atoms with E-state index in [-0.39, 0.29) is 5.91 Å². The summed E-state index contributed by atoms with van der Waals surface area (Å²) in [5, 5.41) is 2.96. The number of carbonyl (C=O) groups is 1. The minimum absolute atomic E-state index is 0.233. The van der Waals surface area contributed by atoms with Crippen LogP contribution in [0.1, 0.15) is 11.1 Å². The van der Waals surface area contributed by atoms with Gasteiger partial charge in [0.15, 0.2) is 0 Å². The van der Waals surface area contributed by atoms with E-state index in [9.17, 15) is 4.79 Å². The molecule has 0 aliphatic heterocycles. The first kappa shape index (κ1) is 21.3. The molecule has 5 nitrogen and oxygen atoms in total. The molecule has 0 unspecified atom stereocenters. The first-order valence-corrected chi connectivity index (χ1v) is 11.1. The van der Waals surface area contributed by atoms with Gasteiger partial charge in [0.25, 0.3) is 0 Å². The van der Waals surface area contributed by atoms with E-state index < -0.39 is 0 Å². The Morgan fingerprint density at radius 2 is 1.94 bits per heavy atom. The minimum Gasteiger partial charge on any atom is -0.495 e. The van der Waals surface area contributed by atoms with Crippen molar-refractivity contribution in [1.82, 2.24) is 9.97 Å². The third-order valence-electron chi connectivity index (χ3n) is 4.81. The number of methoxy groups -OCH3 is 1. The Bertz CT molecular complexity index is 1280. The molecule has 2 N–H and O–H groups in total. The Morgan fingerprint density at radius 3 is 2.71 bits per heavy atom. The summed E-state index contributed by atoms with van der Waals surface area (Å²) in [6.07, 6.45) is 3.21. The molecule has 1 aromatic heterocycles. The molecular formula is C24H19Br2N3O2. The fraction of sp³-hybridized carbons (Fsp3) is 0.0833. The van der Waals surface area contributed by atoms with Crippen LogP contribution in [0.15, 0.2) is 69.6 Å². The third kappa shape index (κ3) is 4.73. The molecule has 0 atom stereocenters. The fourth-order valence-electron chi connectivity index (χ4n) is 3.25. The van der Waals surface area contributed by atoms with Gasteiger partial charge < -0.3 is 15.0 Å². The monoisotopic (exact) mass is 539 g/mol. The highest BCUT2D eigenvalue weighted by molar-refractivity contribution is 9.11. The van der Waals surface area contributed by atoms with Crippen LogP contribution in [0, 0.1) is 6.92 Å². The van der Waals surface area contributed by atoms with Crippen LogP contribution in [0.2, 0.25) is 0 Å². The van der Waals surface area contributed by atoms with Crippen LogP contribution in [0.5, 0.6) is 5.75 Å². The molecular weight excluding hydrogens is 522 g/mol. The van der Waals surface area contributed by atoms with Gasteiger partial charge >= 0.3 is 0 Å². The number of anilines is 1. The van der Waals surface area contributed by atoms with Crippen molar-refractivity contribution in [3.05, 3.63) is 80.7 Å². The van der Waals surface area contributed by atoms with Gasteiger partial charge in [-0.05, 0) is 64.8 Å². The molecule has 4 rings (SSSR count). The number of aromatic nitrogens is 2. The van der Waals surface area contributed by atoms with Gasteiger partial charge in [0.2, 0.25) is 5.91 Å². The van der Waals surface area contributed by atoms with Gasteiger partial charge in [-0.15, -0.1) is 0 Å². The molecule has 0 saturated heterocycles. The number of benzene rings is 3. The van der Waals surface area contributed by atoms with E-state index in [1.165, 1.54) is 6.08 Å². The Labute approximate surface area is 196 Å². The van der Waals surface area contributed by atoms with E-state index in [1.807, 2.05) is 61.5 Å². The number of aromatic amines is 1. The summed E-state index contributed by atoms with van der Waals surface area (Å²) in [6.45, 7) is 1.95. The molecule has 0 radical (unpaired) electrons. The molecule has 156 valence electrons. The van der Waals surface area contributed by atoms with Crippen molar-refractivity contribution in [3.8, 4) is 17.1 Å². The predicted molar refractivity (Wildman–Crippen MR) is 132 cm³/mol. The normalized spacial score (nSPS) is 11.2. The number of hydrogen-bond acceptors (Lipinski definition) is 3. The molecule has 0 spiro atoms. The van der Waals surface area contributed by atoms with Gasteiger partial charge in [0.1, 0.15) is 11.6 Å². The lowest BCUT2D eigenvalue weighted by Gasteiger charge is -2.09. The van der Waals surface area contributed by atoms with Crippen LogP contribution in [0.3, 0.4) is 0 Å². The number of imidazole rings is 1. The summed E-state index contributed by atoms with van der Waals surface area (Å²) in [5.41, 5.74) is 5.26. The quantitative estimate of drug-likeness (QED) is 0.276. The maximum Gasteiger partial charge on any atom is 0.248 e. The third-order valence-corrected chi connectivity index (χ3v) is 5.86. The van der Waals surface area contributed by atoms with Gasteiger partial charge in [-0.3, -0.25) is 4.79 Å². The van der Waals surface area contributed by atoms with E-state index in [2.05, 4.69) is 47.1 Å². The summed E-state index contributed by atoms with van der Waals surface area (Å²) in [5.74, 6) is 1.19. The molecule has 7 heteroatoms. The smallest absolute Gasteiger partial charge is 0.248 e. The van der Waals surface area contributed by atoms with Crippen molar-refractivity contribution in [3.63, 3.8) is 0 Å². The highest BCUT2D eigenvalue weighted by Crippen LogP contribution is 2.33.